The van der Waals surface area contributed by atoms with Crippen LogP contribution in [0.2, 0.25) is 0 Å². The van der Waals surface area contributed by atoms with Crippen LogP contribution in [0.1, 0.15) is 33.1 Å². The van der Waals surface area contributed by atoms with Gasteiger partial charge < -0.3 is 15.1 Å². The summed E-state index contributed by atoms with van der Waals surface area (Å²) in [5.41, 5.74) is 0. The van der Waals surface area contributed by atoms with Gasteiger partial charge in [-0.1, -0.05) is 13.8 Å². The second-order valence-corrected chi connectivity index (χ2v) is 2.88. The van der Waals surface area contributed by atoms with Crippen LogP contribution in [-0.4, -0.2) is 31.4 Å². The lowest BCUT2D eigenvalue weighted by Gasteiger charge is -2.18. The summed E-state index contributed by atoms with van der Waals surface area (Å²) in [6.07, 6.45) is 0.443. The third-order valence-corrected chi connectivity index (χ3v) is 1.85. The molecule has 2 atom stereocenters. The van der Waals surface area contributed by atoms with Gasteiger partial charge in [0.2, 0.25) is 7.98 Å². The minimum atomic E-state index is -0.657. The van der Waals surface area contributed by atoms with Gasteiger partial charge in [-0.05, 0) is 12.8 Å². The van der Waals surface area contributed by atoms with Gasteiger partial charge in [-0.25, -0.2) is 4.79 Å². The Labute approximate surface area is 80.1 Å². The molecule has 0 heterocycles. The van der Waals surface area contributed by atoms with Crippen LogP contribution in [0.3, 0.4) is 0 Å². The molecule has 0 saturated carbocycles. The summed E-state index contributed by atoms with van der Waals surface area (Å²) in [6.45, 7) is 3.76. The van der Waals surface area contributed by atoms with Crippen LogP contribution < -0.4 is 5.23 Å². The van der Waals surface area contributed by atoms with E-state index in [1.165, 1.54) is 0 Å². The third-order valence-electron chi connectivity index (χ3n) is 1.85. The van der Waals surface area contributed by atoms with Gasteiger partial charge in [0.1, 0.15) is 6.10 Å². The zero-order chi connectivity index (χ0) is 10.3. The van der Waals surface area contributed by atoms with Gasteiger partial charge in [-0.15, -0.1) is 0 Å². The van der Waals surface area contributed by atoms with Crippen molar-refractivity contribution < 1.29 is 14.6 Å². The molecule has 0 fully saturated rings. The van der Waals surface area contributed by atoms with Crippen LogP contribution >= 0.6 is 0 Å². The molecule has 0 rings (SSSR count). The standard InChI is InChI=1S/C8H16BNO3/c1-3-6(11)5-7(4-2)13-8(12)10-9/h6-7,11H,3-5H2,1-2H3,(H,10,12). The molecular weight excluding hydrogens is 169 g/mol. The molecule has 0 aliphatic carbocycles. The Bertz CT molecular complexity index is 154. The zero-order valence-corrected chi connectivity index (χ0v) is 8.12. The molecule has 2 unspecified atom stereocenters. The molecule has 0 spiro atoms. The van der Waals surface area contributed by atoms with E-state index in [0.717, 1.165) is 0 Å². The summed E-state index contributed by atoms with van der Waals surface area (Å²) in [4.78, 5) is 10.7. The van der Waals surface area contributed by atoms with E-state index < -0.39 is 12.2 Å². The van der Waals surface area contributed by atoms with Crippen LogP contribution in [0, 0.1) is 0 Å². The topological polar surface area (TPSA) is 58.6 Å². The zero-order valence-electron chi connectivity index (χ0n) is 8.12. The molecule has 13 heavy (non-hydrogen) atoms. The van der Waals surface area contributed by atoms with Crippen molar-refractivity contribution in [2.75, 3.05) is 0 Å². The summed E-state index contributed by atoms with van der Waals surface area (Å²) in [5.74, 6) is 0. The van der Waals surface area contributed by atoms with Crippen molar-refractivity contribution in [2.45, 2.75) is 45.3 Å². The number of carbonyl (C=O) groups is 1. The lowest BCUT2D eigenvalue weighted by atomic mass is 10.1. The van der Waals surface area contributed by atoms with Crippen LogP contribution in [-0.2, 0) is 4.74 Å². The molecule has 5 heteroatoms. The number of hydrogen-bond donors (Lipinski definition) is 2. The number of aliphatic hydroxyl groups is 1. The Hall–Kier alpha value is -0.705. The Kier molecular flexibility index (Phi) is 6.41. The van der Waals surface area contributed by atoms with Crippen molar-refractivity contribution in [1.82, 2.24) is 5.23 Å². The predicted molar refractivity (Wildman–Crippen MR) is 50.4 cm³/mol. The smallest absolute Gasteiger partial charge is 0.394 e. The highest BCUT2D eigenvalue weighted by atomic mass is 16.6. The monoisotopic (exact) mass is 185 g/mol. The van der Waals surface area contributed by atoms with E-state index in [4.69, 9.17) is 12.7 Å². The molecule has 0 aromatic carbocycles. The number of aliphatic hydroxyl groups excluding tert-OH is 1. The number of amides is 1. The summed E-state index contributed by atoms with van der Waals surface area (Å²) < 4.78 is 4.89. The third kappa shape index (κ3) is 5.52. The molecule has 0 aliphatic rings. The number of nitrogens with one attached hydrogen (secondary N) is 1. The fraction of sp³-hybridized carbons (Fsp3) is 0.875. The number of hydrogen-bond acceptors (Lipinski definition) is 3. The molecular formula is C8H16BNO3. The van der Waals surface area contributed by atoms with Crippen molar-refractivity contribution in [3.8, 4) is 0 Å². The maximum absolute atomic E-state index is 10.7. The Balaban J connectivity index is 3.81. The highest BCUT2D eigenvalue weighted by Crippen LogP contribution is 2.09. The van der Waals surface area contributed by atoms with Crippen molar-refractivity contribution >= 4 is 14.1 Å². The quantitative estimate of drug-likeness (QED) is 0.621. The van der Waals surface area contributed by atoms with Crippen molar-refractivity contribution in [3.05, 3.63) is 0 Å². The molecule has 0 aromatic heterocycles. The van der Waals surface area contributed by atoms with Crippen LogP contribution in [0.5, 0.6) is 0 Å². The number of rotatable bonds is 5. The van der Waals surface area contributed by atoms with Crippen molar-refractivity contribution in [3.63, 3.8) is 0 Å². The lowest BCUT2D eigenvalue weighted by molar-refractivity contribution is 0.0536. The first-order chi connectivity index (χ1) is 6.13. The van der Waals surface area contributed by atoms with Gasteiger partial charge in [0.25, 0.3) is 0 Å². The maximum atomic E-state index is 10.7. The lowest BCUT2D eigenvalue weighted by Crippen LogP contribution is -2.29. The normalized spacial score (nSPS) is 14.7. The predicted octanol–water partition coefficient (Wildman–Crippen LogP) is 0.736. The molecule has 74 valence electrons. The number of ether oxygens (including phenoxy) is 1. The van der Waals surface area contributed by atoms with E-state index >= 15 is 0 Å². The summed E-state index contributed by atoms with van der Waals surface area (Å²) in [6, 6.07) is 0. The van der Waals surface area contributed by atoms with Gasteiger partial charge >= 0.3 is 6.09 Å². The molecule has 4 nitrogen and oxygen atoms in total. The highest BCUT2D eigenvalue weighted by molar-refractivity contribution is 6.12. The number of carbonyl (C=O) groups excluding carboxylic acids is 1. The molecule has 0 aliphatic heterocycles. The van der Waals surface area contributed by atoms with E-state index in [1.54, 1.807) is 0 Å². The largest absolute Gasteiger partial charge is 0.447 e. The second kappa shape index (κ2) is 6.77. The molecule has 0 saturated heterocycles. The molecule has 0 bridgehead atoms. The average Bonchev–Trinajstić information content (AvgIpc) is 2.16. The second-order valence-electron chi connectivity index (χ2n) is 2.88. The van der Waals surface area contributed by atoms with Crippen molar-refractivity contribution in [2.24, 2.45) is 0 Å². The highest BCUT2D eigenvalue weighted by Gasteiger charge is 2.14. The average molecular weight is 185 g/mol. The van der Waals surface area contributed by atoms with E-state index in [0.29, 0.717) is 19.3 Å². The molecule has 2 N–H and O–H groups in total. The first-order valence-corrected chi connectivity index (χ1v) is 4.49. The summed E-state index contributed by atoms with van der Waals surface area (Å²) >= 11 is 0. The first kappa shape index (κ1) is 12.3. The molecule has 1 amide bonds. The Morgan fingerprint density at radius 3 is 2.54 bits per heavy atom. The Morgan fingerprint density at radius 1 is 1.54 bits per heavy atom. The van der Waals surface area contributed by atoms with E-state index in [9.17, 15) is 9.90 Å². The van der Waals surface area contributed by atoms with Gasteiger partial charge in [-0.2, -0.15) is 0 Å². The summed E-state index contributed by atoms with van der Waals surface area (Å²) in [5, 5.41) is 11.2. The minimum absolute atomic E-state index is 0.265. The minimum Gasteiger partial charge on any atom is -0.447 e. The van der Waals surface area contributed by atoms with Gasteiger partial charge in [-0.3, -0.25) is 0 Å². The van der Waals surface area contributed by atoms with E-state index in [2.05, 4.69) is 0 Å². The van der Waals surface area contributed by atoms with Gasteiger partial charge in [0, 0.05) is 6.42 Å². The Morgan fingerprint density at radius 2 is 2.15 bits per heavy atom. The van der Waals surface area contributed by atoms with Gasteiger partial charge in [0.05, 0.1) is 6.10 Å². The summed E-state index contributed by atoms with van der Waals surface area (Å²) in [7, 11) is 4.85. The van der Waals surface area contributed by atoms with Crippen LogP contribution in [0.25, 0.3) is 0 Å². The molecule has 0 aromatic rings. The van der Waals surface area contributed by atoms with Crippen molar-refractivity contribution in [1.29, 1.82) is 0 Å². The fourth-order valence-electron chi connectivity index (χ4n) is 0.954. The maximum Gasteiger partial charge on any atom is 0.394 e. The van der Waals surface area contributed by atoms with E-state index in [-0.39, 0.29) is 6.10 Å². The van der Waals surface area contributed by atoms with Gasteiger partial charge in [0.15, 0.2) is 0 Å². The molecule has 2 radical (unpaired) electrons. The van der Waals surface area contributed by atoms with E-state index in [1.807, 2.05) is 19.1 Å². The fourth-order valence-corrected chi connectivity index (χ4v) is 0.954. The van der Waals surface area contributed by atoms with Crippen LogP contribution in [0.4, 0.5) is 4.79 Å². The first-order valence-electron chi connectivity index (χ1n) is 4.49. The van der Waals surface area contributed by atoms with Crippen LogP contribution in [0.15, 0.2) is 0 Å². The SMILES string of the molecule is [B]NC(=O)OC(CC)CC(O)CC.